The summed E-state index contributed by atoms with van der Waals surface area (Å²) in [5.41, 5.74) is 6.41. The van der Waals surface area contributed by atoms with E-state index in [0.717, 1.165) is 16.3 Å². The highest BCUT2D eigenvalue weighted by molar-refractivity contribution is 7.99. The second-order valence-corrected chi connectivity index (χ2v) is 5.16. The molecule has 19 heavy (non-hydrogen) atoms. The molecule has 6 nitrogen and oxygen atoms in total. The Balaban J connectivity index is 2.00. The van der Waals surface area contributed by atoms with E-state index in [1.54, 1.807) is 23.3 Å². The summed E-state index contributed by atoms with van der Waals surface area (Å²) in [6.07, 6.45) is 1.29. The Hall–Kier alpha value is -2.02. The van der Waals surface area contributed by atoms with E-state index in [1.807, 2.05) is 24.3 Å². The van der Waals surface area contributed by atoms with Gasteiger partial charge in [-0.15, -0.1) is 11.8 Å². The number of nitrogen functional groups attached to an aromatic ring is 1. The zero-order chi connectivity index (χ0) is 13.8. The molecule has 0 bridgehead atoms. The molecule has 2 rings (SSSR count). The van der Waals surface area contributed by atoms with E-state index in [4.69, 9.17) is 5.73 Å². The Labute approximate surface area is 114 Å². The molecular weight excluding hydrogens is 264 g/mol. The number of aromatic nitrogens is 2. The van der Waals surface area contributed by atoms with Crippen LogP contribution in [0.4, 0.5) is 11.5 Å². The second kappa shape index (κ2) is 5.75. The number of anilines is 1. The van der Waals surface area contributed by atoms with E-state index < -0.39 is 4.92 Å². The smallest absolute Gasteiger partial charge is 0.342 e. The maximum absolute atomic E-state index is 10.8. The Morgan fingerprint density at radius 1 is 1.53 bits per heavy atom. The molecule has 0 atom stereocenters. The molecular formula is C12H14N4O2S. The van der Waals surface area contributed by atoms with E-state index in [1.165, 1.54) is 6.20 Å². The minimum absolute atomic E-state index is 0.0330. The van der Waals surface area contributed by atoms with Crippen molar-refractivity contribution < 1.29 is 4.92 Å². The molecule has 0 aliphatic rings. The number of thioether (sulfide) groups is 1. The van der Waals surface area contributed by atoms with Crippen molar-refractivity contribution in [3.05, 3.63) is 46.4 Å². The molecule has 0 radical (unpaired) electrons. The van der Waals surface area contributed by atoms with Gasteiger partial charge in [0.15, 0.2) is 5.82 Å². The highest BCUT2D eigenvalue weighted by atomic mass is 32.2. The summed E-state index contributed by atoms with van der Waals surface area (Å²) in [5, 5.41) is 10.8. The number of hydrogen-bond acceptors (Lipinski definition) is 5. The van der Waals surface area contributed by atoms with Gasteiger partial charge in [0.25, 0.3) is 0 Å². The summed E-state index contributed by atoms with van der Waals surface area (Å²) in [5.74, 6) is 1.41. The molecule has 1 heterocycles. The zero-order valence-electron chi connectivity index (χ0n) is 10.4. The predicted octanol–water partition coefficient (Wildman–Crippen LogP) is 2.47. The van der Waals surface area contributed by atoms with Crippen molar-refractivity contribution >= 4 is 23.3 Å². The lowest BCUT2D eigenvalue weighted by atomic mass is 10.3. The van der Waals surface area contributed by atoms with E-state index in [2.05, 4.69) is 4.98 Å². The van der Waals surface area contributed by atoms with Gasteiger partial charge in [-0.25, -0.2) is 9.55 Å². The van der Waals surface area contributed by atoms with E-state index in [9.17, 15) is 10.1 Å². The molecule has 0 aliphatic carbocycles. The van der Waals surface area contributed by atoms with Crippen LogP contribution in [0.3, 0.4) is 0 Å². The minimum atomic E-state index is -0.412. The number of nitrogens with zero attached hydrogens (tertiary/aromatic N) is 3. The summed E-state index contributed by atoms with van der Waals surface area (Å²) in [7, 11) is 0. The fourth-order valence-electron chi connectivity index (χ4n) is 1.74. The molecule has 0 saturated carbocycles. The highest BCUT2D eigenvalue weighted by Gasteiger charge is 2.16. The summed E-state index contributed by atoms with van der Waals surface area (Å²) < 4.78 is 1.61. The first-order valence-corrected chi connectivity index (χ1v) is 6.71. The van der Waals surface area contributed by atoms with Gasteiger partial charge in [0.05, 0.1) is 0 Å². The minimum Gasteiger partial charge on any atom is -0.399 e. The Morgan fingerprint density at radius 2 is 2.32 bits per heavy atom. The standard InChI is InChI=1S/C12H14N4O2S/c1-9-14-8-12(16(17)18)15(9)5-6-19-11-4-2-3-10(13)7-11/h2-4,7-8H,5-6,13H2,1H3. The third-order valence-electron chi connectivity index (χ3n) is 2.66. The van der Waals surface area contributed by atoms with Crippen LogP contribution < -0.4 is 5.73 Å². The third kappa shape index (κ3) is 3.25. The van der Waals surface area contributed by atoms with Crippen molar-refractivity contribution in [3.63, 3.8) is 0 Å². The molecule has 0 unspecified atom stereocenters. The number of aryl methyl sites for hydroxylation is 1. The van der Waals surface area contributed by atoms with Crippen molar-refractivity contribution in [1.29, 1.82) is 0 Å². The van der Waals surface area contributed by atoms with Gasteiger partial charge >= 0.3 is 5.82 Å². The monoisotopic (exact) mass is 278 g/mol. The summed E-state index contributed by atoms with van der Waals surface area (Å²) in [6, 6.07) is 7.58. The van der Waals surface area contributed by atoms with Gasteiger partial charge in [-0.2, -0.15) is 0 Å². The van der Waals surface area contributed by atoms with Gasteiger partial charge in [0, 0.05) is 23.3 Å². The maximum Gasteiger partial charge on any atom is 0.342 e. The Bertz CT molecular complexity index is 597. The van der Waals surface area contributed by atoms with Gasteiger partial charge in [-0.3, -0.25) is 0 Å². The number of hydrogen-bond donors (Lipinski definition) is 1. The number of benzene rings is 1. The molecule has 0 fully saturated rings. The Kier molecular flexibility index (Phi) is 4.06. The van der Waals surface area contributed by atoms with E-state index in [-0.39, 0.29) is 5.82 Å². The number of rotatable bonds is 5. The van der Waals surface area contributed by atoms with Crippen LogP contribution in [0, 0.1) is 17.0 Å². The van der Waals surface area contributed by atoms with Crippen LogP contribution >= 0.6 is 11.8 Å². The van der Waals surface area contributed by atoms with Gasteiger partial charge < -0.3 is 15.8 Å². The van der Waals surface area contributed by atoms with Crippen LogP contribution in [0.5, 0.6) is 0 Å². The first-order valence-electron chi connectivity index (χ1n) is 5.73. The molecule has 1 aromatic heterocycles. The third-order valence-corrected chi connectivity index (χ3v) is 3.64. The Morgan fingerprint density at radius 3 is 3.00 bits per heavy atom. The topological polar surface area (TPSA) is 87.0 Å². The number of nitro groups is 1. The SMILES string of the molecule is Cc1ncc([N+](=O)[O-])n1CCSc1cccc(N)c1. The summed E-state index contributed by atoms with van der Waals surface area (Å²) >= 11 is 1.61. The molecule has 1 aromatic carbocycles. The first kappa shape index (κ1) is 13.4. The van der Waals surface area contributed by atoms with E-state index >= 15 is 0 Å². The summed E-state index contributed by atoms with van der Waals surface area (Å²) in [4.78, 5) is 15.4. The molecule has 2 aromatic rings. The fourth-order valence-corrected chi connectivity index (χ4v) is 2.64. The van der Waals surface area contributed by atoms with Gasteiger partial charge in [-0.1, -0.05) is 6.07 Å². The van der Waals surface area contributed by atoms with Gasteiger partial charge in [0.2, 0.25) is 0 Å². The average molecular weight is 278 g/mol. The predicted molar refractivity (Wildman–Crippen MR) is 75.2 cm³/mol. The molecule has 0 saturated heterocycles. The highest BCUT2D eigenvalue weighted by Crippen LogP contribution is 2.22. The molecule has 0 spiro atoms. The fraction of sp³-hybridized carbons (Fsp3) is 0.250. The second-order valence-electron chi connectivity index (χ2n) is 3.99. The van der Waals surface area contributed by atoms with Crippen LogP contribution in [-0.2, 0) is 6.54 Å². The van der Waals surface area contributed by atoms with Crippen LogP contribution in [0.15, 0.2) is 35.4 Å². The van der Waals surface area contributed by atoms with Crippen molar-refractivity contribution in [2.75, 3.05) is 11.5 Å². The molecule has 0 aliphatic heterocycles. The molecule has 2 N–H and O–H groups in total. The van der Waals surface area contributed by atoms with E-state index in [0.29, 0.717) is 12.4 Å². The molecule has 7 heteroatoms. The summed E-state index contributed by atoms with van der Waals surface area (Å²) in [6.45, 7) is 2.31. The lowest BCUT2D eigenvalue weighted by Crippen LogP contribution is -2.06. The number of nitrogens with two attached hydrogens (primary N) is 1. The van der Waals surface area contributed by atoms with Crippen molar-refractivity contribution in [3.8, 4) is 0 Å². The zero-order valence-corrected chi connectivity index (χ0v) is 11.3. The van der Waals surface area contributed by atoms with Crippen LogP contribution in [0.25, 0.3) is 0 Å². The normalized spacial score (nSPS) is 10.6. The molecule has 0 amide bonds. The van der Waals surface area contributed by atoms with Gasteiger partial charge in [-0.05, 0) is 23.1 Å². The van der Waals surface area contributed by atoms with Crippen molar-refractivity contribution in [2.24, 2.45) is 0 Å². The van der Waals surface area contributed by atoms with Crippen molar-refractivity contribution in [1.82, 2.24) is 9.55 Å². The van der Waals surface area contributed by atoms with Crippen LogP contribution in [0.2, 0.25) is 0 Å². The lowest BCUT2D eigenvalue weighted by molar-refractivity contribution is -0.392. The van der Waals surface area contributed by atoms with Crippen molar-refractivity contribution in [2.45, 2.75) is 18.4 Å². The van der Waals surface area contributed by atoms with Crippen LogP contribution in [-0.4, -0.2) is 20.2 Å². The number of imidazole rings is 1. The largest absolute Gasteiger partial charge is 0.399 e. The first-order chi connectivity index (χ1) is 9.08. The molecule has 100 valence electrons. The van der Waals surface area contributed by atoms with Gasteiger partial charge in [0.1, 0.15) is 12.7 Å². The lowest BCUT2D eigenvalue weighted by Gasteiger charge is -2.04. The quantitative estimate of drug-likeness (QED) is 0.393. The average Bonchev–Trinajstić information content (AvgIpc) is 2.71. The van der Waals surface area contributed by atoms with Crippen LogP contribution in [0.1, 0.15) is 5.82 Å². The maximum atomic E-state index is 10.8.